The summed E-state index contributed by atoms with van der Waals surface area (Å²) < 4.78 is 1.74. The van der Waals surface area contributed by atoms with Crippen molar-refractivity contribution in [2.45, 2.75) is 13.5 Å². The number of rotatable bonds is 5. The number of nitrogens with zero attached hydrogens (tertiary/aromatic N) is 4. The SMILES string of the molecule is C=Cc1ccc(Cn2nnnc2NCC)cc1. The molecular formula is C12H15N5. The van der Waals surface area contributed by atoms with Crippen LogP contribution in [0.2, 0.25) is 0 Å². The van der Waals surface area contributed by atoms with E-state index in [4.69, 9.17) is 0 Å². The largest absolute Gasteiger partial charge is 0.353 e. The van der Waals surface area contributed by atoms with Gasteiger partial charge >= 0.3 is 0 Å². The van der Waals surface area contributed by atoms with E-state index >= 15 is 0 Å². The minimum Gasteiger partial charge on any atom is -0.353 e. The third kappa shape index (κ3) is 2.69. The standard InChI is InChI=1S/C12H15N5/c1-3-10-5-7-11(8-6-10)9-17-12(13-4-2)14-15-16-17/h3,5-8H,1,4,9H2,2H3,(H,13,14,16). The molecule has 0 aliphatic heterocycles. The average molecular weight is 229 g/mol. The smallest absolute Gasteiger partial charge is 0.243 e. The highest BCUT2D eigenvalue weighted by molar-refractivity contribution is 5.47. The highest BCUT2D eigenvalue weighted by atomic mass is 15.6. The van der Waals surface area contributed by atoms with Gasteiger partial charge in [-0.25, -0.2) is 4.68 Å². The Morgan fingerprint density at radius 2 is 2.12 bits per heavy atom. The lowest BCUT2D eigenvalue weighted by molar-refractivity contribution is 0.652. The van der Waals surface area contributed by atoms with Crippen LogP contribution in [-0.4, -0.2) is 26.8 Å². The van der Waals surface area contributed by atoms with E-state index in [1.807, 2.05) is 25.1 Å². The van der Waals surface area contributed by atoms with Gasteiger partial charge in [-0.3, -0.25) is 0 Å². The number of nitrogens with one attached hydrogen (secondary N) is 1. The van der Waals surface area contributed by atoms with Crippen molar-refractivity contribution < 1.29 is 0 Å². The Morgan fingerprint density at radius 3 is 2.76 bits per heavy atom. The summed E-state index contributed by atoms with van der Waals surface area (Å²) in [7, 11) is 0. The molecule has 2 aromatic rings. The fourth-order valence-corrected chi connectivity index (χ4v) is 1.53. The number of hydrogen-bond donors (Lipinski definition) is 1. The summed E-state index contributed by atoms with van der Waals surface area (Å²) >= 11 is 0. The Morgan fingerprint density at radius 1 is 1.35 bits per heavy atom. The molecule has 0 aliphatic rings. The summed E-state index contributed by atoms with van der Waals surface area (Å²) in [6, 6.07) is 8.15. The molecule has 0 unspecified atom stereocenters. The zero-order chi connectivity index (χ0) is 12.1. The number of tetrazole rings is 1. The first-order valence-corrected chi connectivity index (χ1v) is 5.55. The van der Waals surface area contributed by atoms with Gasteiger partial charge in [0, 0.05) is 6.54 Å². The average Bonchev–Trinajstić information content (AvgIpc) is 2.78. The van der Waals surface area contributed by atoms with Gasteiger partial charge < -0.3 is 5.32 Å². The number of aromatic nitrogens is 4. The summed E-state index contributed by atoms with van der Waals surface area (Å²) in [5.74, 6) is 0.695. The molecule has 0 atom stereocenters. The molecule has 1 heterocycles. The second kappa shape index (κ2) is 5.25. The van der Waals surface area contributed by atoms with Crippen molar-refractivity contribution in [3.05, 3.63) is 42.0 Å². The monoisotopic (exact) mass is 229 g/mol. The van der Waals surface area contributed by atoms with E-state index < -0.39 is 0 Å². The first kappa shape index (κ1) is 11.3. The lowest BCUT2D eigenvalue weighted by Gasteiger charge is -2.05. The molecule has 17 heavy (non-hydrogen) atoms. The normalized spacial score (nSPS) is 10.2. The van der Waals surface area contributed by atoms with E-state index in [0.29, 0.717) is 12.5 Å². The minimum atomic E-state index is 0.659. The third-order valence-electron chi connectivity index (χ3n) is 2.41. The lowest BCUT2D eigenvalue weighted by atomic mass is 10.1. The van der Waals surface area contributed by atoms with Crippen molar-refractivity contribution in [3.8, 4) is 0 Å². The number of anilines is 1. The molecule has 0 spiro atoms. The van der Waals surface area contributed by atoms with Gasteiger partial charge in [-0.1, -0.05) is 42.0 Å². The lowest BCUT2D eigenvalue weighted by Crippen LogP contribution is -2.09. The van der Waals surface area contributed by atoms with E-state index in [9.17, 15) is 0 Å². The predicted molar refractivity (Wildman–Crippen MR) is 67.6 cm³/mol. The molecule has 0 fully saturated rings. The van der Waals surface area contributed by atoms with Crippen molar-refractivity contribution in [3.63, 3.8) is 0 Å². The Balaban J connectivity index is 2.13. The van der Waals surface area contributed by atoms with E-state index in [0.717, 1.165) is 17.7 Å². The molecule has 0 amide bonds. The maximum atomic E-state index is 3.95. The molecule has 1 N–H and O–H groups in total. The minimum absolute atomic E-state index is 0.659. The predicted octanol–water partition coefficient (Wildman–Crippen LogP) is 1.80. The van der Waals surface area contributed by atoms with Gasteiger partial charge in [0.25, 0.3) is 0 Å². The second-order valence-corrected chi connectivity index (χ2v) is 3.64. The summed E-state index contributed by atoms with van der Waals surface area (Å²) in [5.41, 5.74) is 2.26. The van der Waals surface area contributed by atoms with Crippen LogP contribution in [-0.2, 0) is 6.54 Å². The summed E-state index contributed by atoms with van der Waals surface area (Å²) in [6.07, 6.45) is 1.82. The molecule has 0 bridgehead atoms. The maximum Gasteiger partial charge on any atom is 0.243 e. The van der Waals surface area contributed by atoms with E-state index in [-0.39, 0.29) is 0 Å². The van der Waals surface area contributed by atoms with Crippen LogP contribution in [0.3, 0.4) is 0 Å². The van der Waals surface area contributed by atoms with Crippen molar-refractivity contribution in [1.82, 2.24) is 20.2 Å². The molecule has 0 aliphatic carbocycles. The summed E-state index contributed by atoms with van der Waals surface area (Å²) in [6.45, 7) is 7.20. The number of hydrogen-bond acceptors (Lipinski definition) is 4. The van der Waals surface area contributed by atoms with Crippen molar-refractivity contribution in [2.24, 2.45) is 0 Å². The fraction of sp³-hybridized carbons (Fsp3) is 0.250. The van der Waals surface area contributed by atoms with E-state index in [1.54, 1.807) is 4.68 Å². The van der Waals surface area contributed by atoms with Crippen molar-refractivity contribution >= 4 is 12.0 Å². The van der Waals surface area contributed by atoms with Crippen LogP contribution >= 0.6 is 0 Å². The van der Waals surface area contributed by atoms with Gasteiger partial charge in [-0.05, 0) is 28.5 Å². The van der Waals surface area contributed by atoms with Gasteiger partial charge in [0.05, 0.1) is 6.54 Å². The highest BCUT2D eigenvalue weighted by Gasteiger charge is 2.04. The van der Waals surface area contributed by atoms with Crippen LogP contribution in [0.1, 0.15) is 18.1 Å². The second-order valence-electron chi connectivity index (χ2n) is 3.64. The summed E-state index contributed by atoms with van der Waals surface area (Å²) in [4.78, 5) is 0. The molecule has 5 nitrogen and oxygen atoms in total. The Kier molecular flexibility index (Phi) is 3.49. The van der Waals surface area contributed by atoms with E-state index in [1.165, 1.54) is 0 Å². The maximum absolute atomic E-state index is 3.95. The highest BCUT2D eigenvalue weighted by Crippen LogP contribution is 2.09. The van der Waals surface area contributed by atoms with Gasteiger partial charge in [0.15, 0.2) is 0 Å². The van der Waals surface area contributed by atoms with Gasteiger partial charge in [0.2, 0.25) is 5.95 Å². The topological polar surface area (TPSA) is 55.6 Å². The van der Waals surface area contributed by atoms with Crippen LogP contribution in [0.5, 0.6) is 0 Å². The van der Waals surface area contributed by atoms with E-state index in [2.05, 4.69) is 39.6 Å². The summed E-state index contributed by atoms with van der Waals surface area (Å²) in [5, 5.41) is 14.6. The van der Waals surface area contributed by atoms with Gasteiger partial charge in [-0.15, -0.1) is 0 Å². The molecule has 1 aromatic carbocycles. The molecule has 0 radical (unpaired) electrons. The number of benzene rings is 1. The molecule has 2 rings (SSSR count). The quantitative estimate of drug-likeness (QED) is 0.849. The van der Waals surface area contributed by atoms with Crippen LogP contribution in [0, 0.1) is 0 Å². The fourth-order valence-electron chi connectivity index (χ4n) is 1.53. The third-order valence-corrected chi connectivity index (χ3v) is 2.41. The Labute approximate surface area is 100 Å². The van der Waals surface area contributed by atoms with Gasteiger partial charge in [0.1, 0.15) is 0 Å². The first-order chi connectivity index (χ1) is 8.33. The van der Waals surface area contributed by atoms with Crippen molar-refractivity contribution in [1.29, 1.82) is 0 Å². The first-order valence-electron chi connectivity index (χ1n) is 5.55. The molecule has 0 saturated heterocycles. The zero-order valence-corrected chi connectivity index (χ0v) is 9.80. The van der Waals surface area contributed by atoms with Gasteiger partial charge in [-0.2, -0.15) is 0 Å². The molecule has 5 heteroatoms. The Bertz CT molecular complexity index is 486. The molecule has 1 aromatic heterocycles. The van der Waals surface area contributed by atoms with Crippen LogP contribution < -0.4 is 5.32 Å². The van der Waals surface area contributed by atoms with Crippen molar-refractivity contribution in [2.75, 3.05) is 11.9 Å². The Hall–Kier alpha value is -2.17. The van der Waals surface area contributed by atoms with Crippen LogP contribution in [0.4, 0.5) is 5.95 Å². The molecule has 0 saturated carbocycles. The molecule has 88 valence electrons. The molecular weight excluding hydrogens is 214 g/mol. The van der Waals surface area contributed by atoms with Crippen LogP contribution in [0.15, 0.2) is 30.8 Å². The van der Waals surface area contributed by atoms with Crippen LogP contribution in [0.25, 0.3) is 6.08 Å². The zero-order valence-electron chi connectivity index (χ0n) is 9.80.